The van der Waals surface area contributed by atoms with Crippen molar-refractivity contribution in [3.63, 3.8) is 0 Å². The summed E-state index contributed by atoms with van der Waals surface area (Å²) < 4.78 is 10.9. The SMILES string of the molecule is CCNC(=NCCCOCC)NCCc1ccc(OCC(=O)NC2CC2)cc1. The van der Waals surface area contributed by atoms with Gasteiger partial charge in [0.2, 0.25) is 0 Å². The first-order valence-corrected chi connectivity index (χ1v) is 10.3. The van der Waals surface area contributed by atoms with Crippen molar-refractivity contribution in [1.82, 2.24) is 16.0 Å². The van der Waals surface area contributed by atoms with Crippen LogP contribution >= 0.6 is 0 Å². The summed E-state index contributed by atoms with van der Waals surface area (Å²) >= 11 is 0. The zero-order valence-corrected chi connectivity index (χ0v) is 17.1. The summed E-state index contributed by atoms with van der Waals surface area (Å²) in [6, 6.07) is 8.25. The van der Waals surface area contributed by atoms with Crippen LogP contribution in [0.5, 0.6) is 5.75 Å². The molecular weight excluding hydrogens is 356 g/mol. The molecule has 0 radical (unpaired) electrons. The quantitative estimate of drug-likeness (QED) is 0.272. The van der Waals surface area contributed by atoms with Gasteiger partial charge < -0.3 is 25.4 Å². The van der Waals surface area contributed by atoms with Gasteiger partial charge in [-0.05, 0) is 57.2 Å². The second-order valence-electron chi connectivity index (χ2n) is 6.76. The number of nitrogens with one attached hydrogen (secondary N) is 3. The monoisotopic (exact) mass is 390 g/mol. The first-order valence-electron chi connectivity index (χ1n) is 10.3. The Morgan fingerprint density at radius 1 is 1.18 bits per heavy atom. The number of aliphatic imine (C=N–C) groups is 1. The second-order valence-corrected chi connectivity index (χ2v) is 6.76. The average Bonchev–Trinajstić information content (AvgIpc) is 3.51. The summed E-state index contributed by atoms with van der Waals surface area (Å²) in [5.74, 6) is 1.50. The molecule has 0 aromatic heterocycles. The predicted molar refractivity (Wildman–Crippen MR) is 112 cm³/mol. The number of amides is 1. The normalized spacial score (nSPS) is 13.9. The van der Waals surface area contributed by atoms with Crippen LogP contribution in [-0.2, 0) is 16.0 Å². The summed E-state index contributed by atoms with van der Waals surface area (Å²) in [6.07, 6.45) is 3.97. The Bertz CT molecular complexity index is 600. The molecule has 1 aromatic rings. The zero-order valence-electron chi connectivity index (χ0n) is 17.1. The number of carbonyl (C=O) groups excluding carboxylic acids is 1. The van der Waals surface area contributed by atoms with Gasteiger partial charge in [0, 0.05) is 38.9 Å². The van der Waals surface area contributed by atoms with Crippen LogP contribution in [0, 0.1) is 0 Å². The highest BCUT2D eigenvalue weighted by Crippen LogP contribution is 2.18. The molecule has 156 valence electrons. The van der Waals surface area contributed by atoms with Gasteiger partial charge in [-0.1, -0.05) is 12.1 Å². The summed E-state index contributed by atoms with van der Waals surface area (Å²) in [5, 5.41) is 9.52. The Morgan fingerprint density at radius 2 is 1.96 bits per heavy atom. The number of rotatable bonds is 13. The highest BCUT2D eigenvalue weighted by Gasteiger charge is 2.23. The fraction of sp³-hybridized carbons (Fsp3) is 0.619. The lowest BCUT2D eigenvalue weighted by atomic mass is 10.1. The van der Waals surface area contributed by atoms with Gasteiger partial charge in [-0.2, -0.15) is 0 Å². The summed E-state index contributed by atoms with van der Waals surface area (Å²) in [5.41, 5.74) is 1.20. The topological polar surface area (TPSA) is 84.0 Å². The Balaban J connectivity index is 1.65. The van der Waals surface area contributed by atoms with Crippen molar-refractivity contribution in [3.8, 4) is 5.75 Å². The van der Waals surface area contributed by atoms with E-state index in [0.29, 0.717) is 11.8 Å². The van der Waals surface area contributed by atoms with Gasteiger partial charge in [0.15, 0.2) is 12.6 Å². The minimum absolute atomic E-state index is 0.0488. The molecular formula is C21H34N4O3. The number of guanidine groups is 1. The molecule has 2 rings (SSSR count). The van der Waals surface area contributed by atoms with E-state index in [1.807, 2.05) is 31.2 Å². The van der Waals surface area contributed by atoms with E-state index in [2.05, 4.69) is 27.9 Å². The number of benzene rings is 1. The molecule has 3 N–H and O–H groups in total. The van der Waals surface area contributed by atoms with E-state index >= 15 is 0 Å². The smallest absolute Gasteiger partial charge is 0.258 e. The van der Waals surface area contributed by atoms with Crippen LogP contribution in [0.25, 0.3) is 0 Å². The van der Waals surface area contributed by atoms with Gasteiger partial charge in [0.1, 0.15) is 5.75 Å². The van der Waals surface area contributed by atoms with Crippen molar-refractivity contribution >= 4 is 11.9 Å². The highest BCUT2D eigenvalue weighted by molar-refractivity contribution is 5.79. The second kappa shape index (κ2) is 13.0. The van der Waals surface area contributed by atoms with E-state index in [4.69, 9.17) is 9.47 Å². The maximum Gasteiger partial charge on any atom is 0.258 e. The Kier molecular flexibility index (Phi) is 10.2. The molecule has 0 heterocycles. The molecule has 7 heteroatoms. The lowest BCUT2D eigenvalue weighted by molar-refractivity contribution is -0.123. The Morgan fingerprint density at radius 3 is 2.64 bits per heavy atom. The van der Waals surface area contributed by atoms with Crippen LogP contribution in [0.3, 0.4) is 0 Å². The molecule has 1 saturated carbocycles. The number of hydrogen-bond donors (Lipinski definition) is 3. The minimum atomic E-state index is -0.0488. The number of nitrogens with zero attached hydrogens (tertiary/aromatic N) is 1. The standard InChI is InChI=1S/C21H34N4O3/c1-3-22-21(23-13-5-15-27-4-2)24-14-12-17-6-10-19(11-7-17)28-16-20(26)25-18-8-9-18/h6-7,10-11,18H,3-5,8-9,12-16H2,1-2H3,(H,25,26)(H2,22,23,24). The van der Waals surface area contributed by atoms with Crippen molar-refractivity contribution in [2.24, 2.45) is 4.99 Å². The largest absolute Gasteiger partial charge is 0.484 e. The van der Waals surface area contributed by atoms with Crippen molar-refractivity contribution in [2.45, 2.75) is 45.6 Å². The number of ether oxygens (including phenoxy) is 2. The van der Waals surface area contributed by atoms with E-state index in [1.54, 1.807) is 0 Å². The summed E-state index contributed by atoms with van der Waals surface area (Å²) in [4.78, 5) is 16.2. The molecule has 0 saturated heterocycles. The average molecular weight is 391 g/mol. The Labute approximate surface area is 168 Å². The van der Waals surface area contributed by atoms with Gasteiger partial charge in [0.25, 0.3) is 5.91 Å². The van der Waals surface area contributed by atoms with Crippen LogP contribution in [0.4, 0.5) is 0 Å². The molecule has 28 heavy (non-hydrogen) atoms. The summed E-state index contributed by atoms with van der Waals surface area (Å²) in [6.45, 7) is 7.99. The Hall–Kier alpha value is -2.28. The van der Waals surface area contributed by atoms with Crippen LogP contribution in [0.15, 0.2) is 29.3 Å². The molecule has 0 spiro atoms. The number of carbonyl (C=O) groups is 1. The molecule has 1 amide bonds. The van der Waals surface area contributed by atoms with Crippen LogP contribution in [-0.4, -0.2) is 57.4 Å². The van der Waals surface area contributed by atoms with Crippen molar-refractivity contribution in [2.75, 3.05) is 39.5 Å². The van der Waals surface area contributed by atoms with Crippen LogP contribution < -0.4 is 20.7 Å². The van der Waals surface area contributed by atoms with E-state index in [0.717, 1.165) is 64.5 Å². The zero-order chi connectivity index (χ0) is 20.0. The third kappa shape index (κ3) is 9.60. The summed E-state index contributed by atoms with van der Waals surface area (Å²) in [7, 11) is 0. The maximum absolute atomic E-state index is 11.7. The molecule has 7 nitrogen and oxygen atoms in total. The molecule has 0 unspecified atom stereocenters. The van der Waals surface area contributed by atoms with Crippen molar-refractivity contribution < 1.29 is 14.3 Å². The maximum atomic E-state index is 11.7. The third-order valence-corrected chi connectivity index (χ3v) is 4.21. The lowest BCUT2D eigenvalue weighted by Gasteiger charge is -2.12. The number of hydrogen-bond acceptors (Lipinski definition) is 4. The van der Waals surface area contributed by atoms with E-state index in [-0.39, 0.29) is 12.5 Å². The van der Waals surface area contributed by atoms with Gasteiger partial charge in [0.05, 0.1) is 0 Å². The minimum Gasteiger partial charge on any atom is -0.484 e. The van der Waals surface area contributed by atoms with Crippen LogP contribution in [0.1, 0.15) is 38.7 Å². The molecule has 1 aromatic carbocycles. The van der Waals surface area contributed by atoms with E-state index < -0.39 is 0 Å². The van der Waals surface area contributed by atoms with Gasteiger partial charge >= 0.3 is 0 Å². The third-order valence-electron chi connectivity index (χ3n) is 4.21. The van der Waals surface area contributed by atoms with Crippen molar-refractivity contribution in [1.29, 1.82) is 0 Å². The van der Waals surface area contributed by atoms with Gasteiger partial charge in [-0.3, -0.25) is 9.79 Å². The van der Waals surface area contributed by atoms with Gasteiger partial charge in [-0.15, -0.1) is 0 Å². The highest BCUT2D eigenvalue weighted by atomic mass is 16.5. The first kappa shape index (κ1) is 22.0. The first-order chi connectivity index (χ1) is 13.7. The molecule has 1 aliphatic carbocycles. The van der Waals surface area contributed by atoms with Gasteiger partial charge in [-0.25, -0.2) is 0 Å². The fourth-order valence-corrected chi connectivity index (χ4v) is 2.57. The predicted octanol–water partition coefficient (Wildman–Crippen LogP) is 1.87. The molecule has 0 atom stereocenters. The molecule has 1 fully saturated rings. The molecule has 0 aliphatic heterocycles. The molecule has 0 bridgehead atoms. The van der Waals surface area contributed by atoms with Crippen molar-refractivity contribution in [3.05, 3.63) is 29.8 Å². The van der Waals surface area contributed by atoms with E-state index in [1.165, 1.54) is 5.56 Å². The van der Waals surface area contributed by atoms with Crippen LogP contribution in [0.2, 0.25) is 0 Å². The lowest BCUT2D eigenvalue weighted by Crippen LogP contribution is -2.38. The van der Waals surface area contributed by atoms with E-state index in [9.17, 15) is 4.79 Å². The molecule has 1 aliphatic rings. The fourth-order valence-electron chi connectivity index (χ4n) is 2.57.